The molecule has 2 aromatic heterocycles. The maximum Gasteiger partial charge on any atom is 0.210 e. The van der Waals surface area contributed by atoms with Gasteiger partial charge >= 0.3 is 0 Å². The number of unbranched alkanes of at least 4 members (excludes halogenated alkanes) is 5. The van der Waals surface area contributed by atoms with Crippen molar-refractivity contribution in [2.24, 2.45) is 0 Å². The van der Waals surface area contributed by atoms with Crippen LogP contribution in [0.5, 0.6) is 0 Å². The van der Waals surface area contributed by atoms with Crippen LogP contribution in [0.1, 0.15) is 45.4 Å². The first-order chi connectivity index (χ1) is 13.3. The molecule has 3 rings (SSSR count). The van der Waals surface area contributed by atoms with Gasteiger partial charge in [-0.1, -0.05) is 32.6 Å². The first-order valence-corrected chi connectivity index (χ1v) is 10.0. The highest BCUT2D eigenvalue weighted by Crippen LogP contribution is 2.16. The second-order valence-electron chi connectivity index (χ2n) is 7.06. The van der Waals surface area contributed by atoms with Gasteiger partial charge in [0, 0.05) is 42.8 Å². The highest BCUT2D eigenvalue weighted by molar-refractivity contribution is 5.61. The Morgan fingerprint density at radius 2 is 1.17 bits per heavy atom. The molecule has 0 unspecified atom stereocenters. The fraction of sp³-hybridized carbons (Fsp3) is 0.333. The van der Waals surface area contributed by atoms with Crippen molar-refractivity contribution in [2.75, 3.05) is 0 Å². The normalized spacial score (nSPS) is 10.1. The summed E-state index contributed by atoms with van der Waals surface area (Å²) in [6.45, 7) is 3.35. The Morgan fingerprint density at radius 1 is 0.655 bits per heavy atom. The Kier molecular flexibility index (Phi) is 11.5. The number of rotatable bonds is 9. The van der Waals surface area contributed by atoms with Crippen LogP contribution < -0.4 is 33.9 Å². The molecule has 0 amide bonds. The molecule has 0 radical (unpaired) electrons. The third-order valence-electron chi connectivity index (χ3n) is 4.95. The zero-order valence-electron chi connectivity index (χ0n) is 16.9. The molecule has 0 saturated heterocycles. The lowest BCUT2D eigenvalue weighted by molar-refractivity contribution is -0.697. The van der Waals surface area contributed by atoms with Gasteiger partial charge in [0.05, 0.1) is 0 Å². The Hall–Kier alpha value is -1.97. The van der Waals surface area contributed by atoms with Crippen molar-refractivity contribution >= 4 is 0 Å². The minimum absolute atomic E-state index is 0. The zero-order valence-corrected chi connectivity index (χ0v) is 18.4. The molecule has 2 nitrogen and oxygen atoms in total. The third-order valence-corrected chi connectivity index (χ3v) is 4.95. The van der Waals surface area contributed by atoms with Crippen molar-refractivity contribution in [1.29, 1.82) is 0 Å². The highest BCUT2D eigenvalue weighted by atomic mass is 35.5. The summed E-state index contributed by atoms with van der Waals surface area (Å²) in [7, 11) is 0. The van der Waals surface area contributed by atoms with E-state index < -0.39 is 0 Å². The smallest absolute Gasteiger partial charge is 0.210 e. The summed E-state index contributed by atoms with van der Waals surface area (Å²) in [5, 5.41) is 0. The molecule has 1 aromatic carbocycles. The summed E-state index contributed by atoms with van der Waals surface area (Å²) in [5.41, 5.74) is 3.34. The van der Waals surface area contributed by atoms with Gasteiger partial charge in [-0.3, -0.25) is 0 Å². The SMILES string of the molecule is CCCCCCCC[n+]1ccc(-c2cc[n+](-c3ccc(F)cc3)cc2)cc1.[Cl-].[Cl-]. The fourth-order valence-corrected chi connectivity index (χ4v) is 3.28. The van der Waals surface area contributed by atoms with Gasteiger partial charge in [-0.2, -0.15) is 4.57 Å². The number of nitrogens with zero attached hydrogens (tertiary/aromatic N) is 2. The molecule has 0 fully saturated rings. The quantitative estimate of drug-likeness (QED) is 0.314. The van der Waals surface area contributed by atoms with Gasteiger partial charge in [0.15, 0.2) is 24.8 Å². The van der Waals surface area contributed by atoms with Gasteiger partial charge in [0.2, 0.25) is 5.69 Å². The van der Waals surface area contributed by atoms with Gasteiger partial charge in [-0.15, -0.1) is 0 Å². The number of hydrogen-bond acceptors (Lipinski definition) is 0. The molecule has 2 heterocycles. The van der Waals surface area contributed by atoms with E-state index in [4.69, 9.17) is 0 Å². The lowest BCUT2D eigenvalue weighted by Gasteiger charge is -2.02. The molecular weight excluding hydrogens is 406 g/mol. The van der Waals surface area contributed by atoms with E-state index in [1.165, 1.54) is 61.8 Å². The van der Waals surface area contributed by atoms with Crippen molar-refractivity contribution in [2.45, 2.75) is 52.0 Å². The van der Waals surface area contributed by atoms with E-state index >= 15 is 0 Å². The first kappa shape index (κ1) is 25.1. The molecule has 0 aliphatic heterocycles. The second kappa shape index (κ2) is 13.3. The number of benzene rings is 1. The Bertz CT molecular complexity index is 819. The first-order valence-electron chi connectivity index (χ1n) is 10.0. The van der Waals surface area contributed by atoms with E-state index in [1.54, 1.807) is 12.1 Å². The van der Waals surface area contributed by atoms with Crippen molar-refractivity contribution < 1.29 is 38.3 Å². The lowest BCUT2D eigenvalue weighted by Crippen LogP contribution is -3.00. The van der Waals surface area contributed by atoms with Crippen LogP contribution in [0.25, 0.3) is 16.8 Å². The monoisotopic (exact) mass is 434 g/mol. The van der Waals surface area contributed by atoms with Crippen LogP contribution in [0.4, 0.5) is 4.39 Å². The standard InChI is InChI=1S/C24H29FN2.2ClH/c1-2-3-4-5-6-7-16-26-17-12-21(13-18-26)22-14-19-27(20-15-22)24-10-8-23(25)9-11-24;;/h8-15,17-20H,2-7,16H2,1H3;2*1H/q+2;;/p-2. The van der Waals surface area contributed by atoms with E-state index in [1.807, 2.05) is 17.0 Å². The lowest BCUT2D eigenvalue weighted by atomic mass is 10.1. The van der Waals surface area contributed by atoms with Gasteiger partial charge in [0.25, 0.3) is 0 Å². The van der Waals surface area contributed by atoms with Crippen molar-refractivity contribution in [3.63, 3.8) is 0 Å². The van der Waals surface area contributed by atoms with Crippen LogP contribution >= 0.6 is 0 Å². The summed E-state index contributed by atoms with van der Waals surface area (Å²) in [4.78, 5) is 0. The molecule has 0 atom stereocenters. The van der Waals surface area contributed by atoms with Crippen LogP contribution in [-0.4, -0.2) is 0 Å². The minimum atomic E-state index is -0.213. The molecular formula is C24H29Cl2FN2. The summed E-state index contributed by atoms with van der Waals surface area (Å²) in [6, 6.07) is 15.1. The summed E-state index contributed by atoms with van der Waals surface area (Å²) < 4.78 is 17.3. The van der Waals surface area contributed by atoms with Crippen LogP contribution in [0.15, 0.2) is 73.3 Å². The molecule has 0 bridgehead atoms. The van der Waals surface area contributed by atoms with Crippen LogP contribution in [0.3, 0.4) is 0 Å². The maximum atomic E-state index is 13.1. The van der Waals surface area contributed by atoms with Gasteiger partial charge in [0.1, 0.15) is 12.4 Å². The molecule has 29 heavy (non-hydrogen) atoms. The van der Waals surface area contributed by atoms with Gasteiger partial charge in [-0.25, -0.2) is 8.96 Å². The maximum absolute atomic E-state index is 13.1. The number of pyridine rings is 2. The number of aromatic nitrogens is 2. The Labute approximate surface area is 186 Å². The molecule has 0 saturated carbocycles. The van der Waals surface area contributed by atoms with Crippen molar-refractivity contribution in [3.8, 4) is 16.8 Å². The van der Waals surface area contributed by atoms with Crippen LogP contribution in [-0.2, 0) is 6.54 Å². The van der Waals surface area contributed by atoms with Crippen molar-refractivity contribution in [1.82, 2.24) is 0 Å². The molecule has 3 aromatic rings. The summed E-state index contributed by atoms with van der Waals surface area (Å²) in [5.74, 6) is -0.213. The van der Waals surface area contributed by atoms with E-state index in [0.29, 0.717) is 0 Å². The predicted octanol–water partition coefficient (Wildman–Crippen LogP) is -0.575. The fourth-order valence-electron chi connectivity index (χ4n) is 3.28. The molecule has 0 aliphatic carbocycles. The average Bonchev–Trinajstić information content (AvgIpc) is 2.72. The van der Waals surface area contributed by atoms with E-state index in [0.717, 1.165) is 12.2 Å². The minimum Gasteiger partial charge on any atom is -1.00 e. The average molecular weight is 435 g/mol. The Morgan fingerprint density at radius 3 is 1.76 bits per heavy atom. The molecule has 0 aliphatic rings. The summed E-state index contributed by atoms with van der Waals surface area (Å²) >= 11 is 0. The number of hydrogen-bond donors (Lipinski definition) is 0. The molecule has 5 heteroatoms. The van der Waals surface area contributed by atoms with E-state index in [2.05, 4.69) is 48.1 Å². The topological polar surface area (TPSA) is 7.76 Å². The third kappa shape index (κ3) is 7.75. The van der Waals surface area contributed by atoms with Crippen LogP contribution in [0.2, 0.25) is 0 Å². The number of aryl methyl sites for hydroxylation is 1. The van der Waals surface area contributed by atoms with E-state index in [9.17, 15) is 4.39 Å². The summed E-state index contributed by atoms with van der Waals surface area (Å²) in [6.07, 6.45) is 16.3. The predicted molar refractivity (Wildman–Crippen MR) is 107 cm³/mol. The number of halogens is 3. The largest absolute Gasteiger partial charge is 1.00 e. The van der Waals surface area contributed by atoms with E-state index in [-0.39, 0.29) is 30.6 Å². The second-order valence-corrected chi connectivity index (χ2v) is 7.06. The van der Waals surface area contributed by atoms with Crippen molar-refractivity contribution in [3.05, 3.63) is 79.1 Å². The highest BCUT2D eigenvalue weighted by Gasteiger charge is 2.08. The Balaban J connectivity index is 0.00000210. The van der Waals surface area contributed by atoms with Gasteiger partial charge < -0.3 is 24.8 Å². The van der Waals surface area contributed by atoms with Crippen LogP contribution in [0, 0.1) is 5.82 Å². The molecule has 156 valence electrons. The molecule has 0 N–H and O–H groups in total. The van der Waals surface area contributed by atoms with Gasteiger partial charge in [-0.05, 0) is 29.7 Å². The zero-order chi connectivity index (χ0) is 18.9. The molecule has 0 spiro atoms.